The van der Waals surface area contributed by atoms with Crippen LogP contribution in [-0.4, -0.2) is 33.4 Å². The number of likely N-dealkylation sites (tertiary alicyclic amines) is 1. The summed E-state index contributed by atoms with van der Waals surface area (Å²) in [5.74, 6) is -1.30. The minimum Gasteiger partial charge on any atom is -0.341 e. The fraction of sp³-hybridized carbons (Fsp3) is 0.467. The maximum Gasteiger partial charge on any atom is 0.449 e. The van der Waals surface area contributed by atoms with Crippen LogP contribution in [0.25, 0.3) is 11.0 Å². The Balaban J connectivity index is 1.96. The fourth-order valence-electron chi connectivity index (χ4n) is 2.83. The van der Waals surface area contributed by atoms with Crippen molar-refractivity contribution in [3.05, 3.63) is 30.1 Å². The van der Waals surface area contributed by atoms with Gasteiger partial charge in [-0.15, -0.1) is 0 Å². The van der Waals surface area contributed by atoms with Gasteiger partial charge in [-0.05, 0) is 31.4 Å². The lowest BCUT2D eigenvalue weighted by molar-refractivity contribution is -0.148. The zero-order chi connectivity index (χ0) is 15.7. The minimum atomic E-state index is -4.58. The number of nitrogens with zero attached hydrogens (tertiary/aromatic N) is 3. The summed E-state index contributed by atoms with van der Waals surface area (Å²) in [6, 6.07) is 6.35. The number of piperidine rings is 1. The Morgan fingerprint density at radius 3 is 2.50 bits per heavy atom. The van der Waals surface area contributed by atoms with Gasteiger partial charge in [0.25, 0.3) is 0 Å². The second-order valence-electron chi connectivity index (χ2n) is 5.45. The molecule has 0 atom stereocenters. The molecule has 1 aliphatic rings. The Bertz CT molecular complexity index is 687. The van der Waals surface area contributed by atoms with Gasteiger partial charge in [-0.1, -0.05) is 12.1 Å². The second-order valence-corrected chi connectivity index (χ2v) is 5.45. The number of carbonyl (C=O) groups excluding carboxylic acids is 1. The largest absolute Gasteiger partial charge is 0.449 e. The van der Waals surface area contributed by atoms with Crippen molar-refractivity contribution in [1.82, 2.24) is 14.5 Å². The van der Waals surface area contributed by atoms with Gasteiger partial charge in [-0.3, -0.25) is 4.79 Å². The first-order valence-electron chi connectivity index (χ1n) is 7.27. The van der Waals surface area contributed by atoms with Crippen LogP contribution in [0.3, 0.4) is 0 Å². The van der Waals surface area contributed by atoms with Crippen molar-refractivity contribution in [2.75, 3.05) is 13.1 Å². The van der Waals surface area contributed by atoms with Crippen molar-refractivity contribution < 1.29 is 18.0 Å². The van der Waals surface area contributed by atoms with Crippen molar-refractivity contribution in [2.45, 2.75) is 32.0 Å². The molecule has 22 heavy (non-hydrogen) atoms. The lowest BCUT2D eigenvalue weighted by atomic mass is 10.1. The lowest BCUT2D eigenvalue weighted by Crippen LogP contribution is -2.38. The standard InChI is InChI=1S/C15H16F3N3O/c16-15(17,18)14-19-11-6-2-3-7-12(11)21(14)10-13(22)20-8-4-1-5-9-20/h2-3,6-7H,1,4-5,8-10H2. The van der Waals surface area contributed by atoms with E-state index in [-0.39, 0.29) is 18.0 Å². The zero-order valence-corrected chi connectivity index (χ0v) is 11.9. The average Bonchev–Trinajstić information content (AvgIpc) is 2.87. The molecule has 0 N–H and O–H groups in total. The van der Waals surface area contributed by atoms with E-state index in [1.165, 1.54) is 6.07 Å². The van der Waals surface area contributed by atoms with Crippen LogP contribution >= 0.6 is 0 Å². The van der Waals surface area contributed by atoms with Gasteiger partial charge < -0.3 is 9.47 Å². The zero-order valence-electron chi connectivity index (χ0n) is 11.9. The van der Waals surface area contributed by atoms with Gasteiger partial charge in [0.1, 0.15) is 6.54 Å². The molecule has 2 heterocycles. The number of fused-ring (bicyclic) bond motifs is 1. The number of imidazole rings is 1. The average molecular weight is 311 g/mol. The van der Waals surface area contributed by atoms with Crippen LogP contribution in [0.2, 0.25) is 0 Å². The van der Waals surface area contributed by atoms with Crippen molar-refractivity contribution in [2.24, 2.45) is 0 Å². The van der Waals surface area contributed by atoms with Crippen LogP contribution in [0.5, 0.6) is 0 Å². The maximum absolute atomic E-state index is 13.2. The summed E-state index contributed by atoms with van der Waals surface area (Å²) in [6.07, 6.45) is -1.71. The van der Waals surface area contributed by atoms with Crippen LogP contribution < -0.4 is 0 Å². The van der Waals surface area contributed by atoms with E-state index in [9.17, 15) is 18.0 Å². The number of aromatic nitrogens is 2. The second kappa shape index (κ2) is 5.62. The van der Waals surface area contributed by atoms with Crippen LogP contribution in [0, 0.1) is 0 Å². The minimum absolute atomic E-state index is 0.251. The van der Waals surface area contributed by atoms with Gasteiger partial charge in [0.2, 0.25) is 11.7 Å². The Morgan fingerprint density at radius 1 is 1.14 bits per heavy atom. The number of alkyl halides is 3. The number of benzene rings is 1. The summed E-state index contributed by atoms with van der Waals surface area (Å²) in [5.41, 5.74) is 0.585. The molecule has 0 saturated carbocycles. The smallest absolute Gasteiger partial charge is 0.341 e. The number of hydrogen-bond acceptors (Lipinski definition) is 2. The quantitative estimate of drug-likeness (QED) is 0.855. The maximum atomic E-state index is 13.2. The summed E-state index contributed by atoms with van der Waals surface area (Å²) < 4.78 is 40.5. The Labute approximate surface area is 125 Å². The van der Waals surface area contributed by atoms with Crippen LogP contribution in [0.1, 0.15) is 25.1 Å². The summed E-state index contributed by atoms with van der Waals surface area (Å²) in [5, 5.41) is 0. The van der Waals surface area contributed by atoms with E-state index < -0.39 is 12.0 Å². The topological polar surface area (TPSA) is 38.1 Å². The third-order valence-electron chi connectivity index (χ3n) is 3.91. The van der Waals surface area contributed by atoms with E-state index in [0.717, 1.165) is 23.8 Å². The van der Waals surface area contributed by atoms with Crippen molar-refractivity contribution in [1.29, 1.82) is 0 Å². The molecule has 4 nitrogen and oxygen atoms in total. The molecule has 1 aromatic carbocycles. The fourth-order valence-corrected chi connectivity index (χ4v) is 2.83. The molecule has 0 radical (unpaired) electrons. The Hall–Kier alpha value is -2.05. The molecule has 0 aliphatic carbocycles. The van der Waals surface area contributed by atoms with E-state index in [0.29, 0.717) is 18.6 Å². The Kier molecular flexibility index (Phi) is 3.80. The molecular formula is C15H16F3N3O. The van der Waals surface area contributed by atoms with Crippen LogP contribution in [0.15, 0.2) is 24.3 Å². The van der Waals surface area contributed by atoms with Crippen LogP contribution in [0.4, 0.5) is 13.2 Å². The van der Waals surface area contributed by atoms with Gasteiger partial charge in [0.15, 0.2) is 0 Å². The number of amides is 1. The van der Waals surface area contributed by atoms with Gasteiger partial charge in [0, 0.05) is 13.1 Å². The van der Waals surface area contributed by atoms with E-state index in [1.807, 2.05) is 0 Å². The van der Waals surface area contributed by atoms with E-state index >= 15 is 0 Å². The SMILES string of the molecule is O=C(Cn1c(C(F)(F)F)nc2ccccc21)N1CCCCC1. The predicted octanol–water partition coefficient (Wildman–Crippen LogP) is 3.07. The third kappa shape index (κ3) is 2.80. The molecule has 1 aromatic heterocycles. The highest BCUT2D eigenvalue weighted by atomic mass is 19.4. The summed E-state index contributed by atoms with van der Waals surface area (Å²) in [7, 11) is 0. The third-order valence-corrected chi connectivity index (χ3v) is 3.91. The van der Waals surface area contributed by atoms with Gasteiger partial charge in [0.05, 0.1) is 11.0 Å². The van der Waals surface area contributed by atoms with E-state index in [4.69, 9.17) is 0 Å². The molecule has 0 bridgehead atoms. The normalized spacial score (nSPS) is 16.2. The van der Waals surface area contributed by atoms with Crippen molar-refractivity contribution in [3.8, 4) is 0 Å². The predicted molar refractivity (Wildman–Crippen MR) is 75.2 cm³/mol. The van der Waals surface area contributed by atoms with Gasteiger partial charge in [-0.25, -0.2) is 4.98 Å². The van der Waals surface area contributed by atoms with E-state index in [1.54, 1.807) is 23.1 Å². The lowest BCUT2D eigenvalue weighted by Gasteiger charge is -2.27. The highest BCUT2D eigenvalue weighted by Gasteiger charge is 2.38. The molecule has 1 fully saturated rings. The summed E-state index contributed by atoms with van der Waals surface area (Å²) in [4.78, 5) is 17.6. The molecule has 0 spiro atoms. The number of halogens is 3. The van der Waals surface area contributed by atoms with E-state index in [2.05, 4.69) is 4.98 Å². The molecular weight excluding hydrogens is 295 g/mol. The molecule has 1 saturated heterocycles. The first-order chi connectivity index (χ1) is 10.5. The van der Waals surface area contributed by atoms with Crippen molar-refractivity contribution >= 4 is 16.9 Å². The highest BCUT2D eigenvalue weighted by molar-refractivity contribution is 5.81. The number of carbonyl (C=O) groups is 1. The molecule has 1 aliphatic heterocycles. The highest BCUT2D eigenvalue weighted by Crippen LogP contribution is 2.31. The number of rotatable bonds is 2. The Morgan fingerprint density at radius 2 is 1.82 bits per heavy atom. The van der Waals surface area contributed by atoms with Crippen molar-refractivity contribution in [3.63, 3.8) is 0 Å². The molecule has 0 unspecified atom stereocenters. The first-order valence-corrected chi connectivity index (χ1v) is 7.27. The monoisotopic (exact) mass is 311 g/mol. The first kappa shape index (κ1) is 14.9. The number of para-hydroxylation sites is 2. The summed E-state index contributed by atoms with van der Waals surface area (Å²) >= 11 is 0. The summed E-state index contributed by atoms with van der Waals surface area (Å²) in [6.45, 7) is 0.912. The molecule has 3 rings (SSSR count). The molecule has 2 aromatic rings. The molecule has 7 heteroatoms. The molecule has 118 valence electrons. The number of hydrogen-bond donors (Lipinski definition) is 0. The van der Waals surface area contributed by atoms with Crippen LogP contribution in [-0.2, 0) is 17.5 Å². The van der Waals surface area contributed by atoms with Gasteiger partial charge >= 0.3 is 6.18 Å². The van der Waals surface area contributed by atoms with Gasteiger partial charge in [-0.2, -0.15) is 13.2 Å². The molecule has 1 amide bonds.